The number of rotatable bonds is 5. The van der Waals surface area contributed by atoms with Crippen molar-refractivity contribution in [2.45, 2.75) is 26.5 Å². The summed E-state index contributed by atoms with van der Waals surface area (Å²) in [6, 6.07) is 4.16. The molecular weight excluding hydrogens is 284 g/mol. The van der Waals surface area contributed by atoms with Crippen molar-refractivity contribution < 1.29 is 14.6 Å². The molecule has 0 aliphatic carbocycles. The highest BCUT2D eigenvalue weighted by Crippen LogP contribution is 2.22. The van der Waals surface area contributed by atoms with Gasteiger partial charge in [-0.15, -0.1) is 5.10 Å². The van der Waals surface area contributed by atoms with E-state index in [1.54, 1.807) is 4.68 Å². The Morgan fingerprint density at radius 2 is 2.30 bits per heavy atom. The van der Waals surface area contributed by atoms with E-state index in [0.29, 0.717) is 17.4 Å². The van der Waals surface area contributed by atoms with Crippen LogP contribution in [0.4, 0.5) is 0 Å². The molecule has 0 saturated carbocycles. The number of aromatic hydroxyl groups is 1. The van der Waals surface area contributed by atoms with Crippen molar-refractivity contribution in [2.24, 2.45) is 0 Å². The average molecular weight is 297 g/mol. The lowest BCUT2D eigenvalue weighted by Gasteiger charge is -2.06. The Hall–Kier alpha value is -2.15. The van der Waals surface area contributed by atoms with Crippen LogP contribution < -0.4 is 0 Å². The van der Waals surface area contributed by atoms with E-state index in [9.17, 15) is 9.90 Å². The molecule has 8 heteroatoms. The van der Waals surface area contributed by atoms with Gasteiger partial charge in [-0.3, -0.25) is 0 Å². The lowest BCUT2D eigenvalue weighted by molar-refractivity contribution is 0.0453. The van der Waals surface area contributed by atoms with Gasteiger partial charge in [0.15, 0.2) is 12.4 Å². The molecule has 0 fully saturated rings. The summed E-state index contributed by atoms with van der Waals surface area (Å²) in [4.78, 5) is 11.9. The molecule has 0 saturated heterocycles. The number of benzene rings is 1. The van der Waals surface area contributed by atoms with Crippen LogP contribution in [0.5, 0.6) is 5.75 Å². The summed E-state index contributed by atoms with van der Waals surface area (Å²) >= 11 is 5.77. The largest absolute Gasteiger partial charge is 0.507 e. The van der Waals surface area contributed by atoms with Gasteiger partial charge in [-0.1, -0.05) is 18.5 Å². The normalized spacial score (nSPS) is 10.5. The van der Waals surface area contributed by atoms with E-state index < -0.39 is 5.97 Å². The molecule has 1 N–H and O–H groups in total. The van der Waals surface area contributed by atoms with Gasteiger partial charge < -0.3 is 9.84 Å². The van der Waals surface area contributed by atoms with Crippen LogP contribution in [0.25, 0.3) is 0 Å². The summed E-state index contributed by atoms with van der Waals surface area (Å²) in [6.07, 6.45) is 0.862. The van der Waals surface area contributed by atoms with Crippen LogP contribution in [0.3, 0.4) is 0 Å². The Labute approximate surface area is 120 Å². The van der Waals surface area contributed by atoms with E-state index >= 15 is 0 Å². The molecule has 2 rings (SSSR count). The second kappa shape index (κ2) is 6.33. The van der Waals surface area contributed by atoms with E-state index in [0.717, 1.165) is 6.42 Å². The number of esters is 1. The van der Waals surface area contributed by atoms with Gasteiger partial charge in [0.25, 0.3) is 0 Å². The zero-order chi connectivity index (χ0) is 14.5. The van der Waals surface area contributed by atoms with E-state index in [4.69, 9.17) is 16.3 Å². The molecule has 0 aliphatic heterocycles. The van der Waals surface area contributed by atoms with E-state index in [1.807, 2.05) is 6.92 Å². The van der Waals surface area contributed by atoms with Gasteiger partial charge >= 0.3 is 5.97 Å². The third-order valence-corrected chi connectivity index (χ3v) is 2.79. The van der Waals surface area contributed by atoms with Gasteiger partial charge in [-0.25, -0.2) is 9.48 Å². The van der Waals surface area contributed by atoms with Crippen LogP contribution >= 0.6 is 11.6 Å². The van der Waals surface area contributed by atoms with Crippen molar-refractivity contribution in [2.75, 3.05) is 0 Å². The van der Waals surface area contributed by atoms with Crippen LogP contribution in [0.1, 0.15) is 29.5 Å². The molecule has 1 heterocycles. The Bertz CT molecular complexity index is 614. The van der Waals surface area contributed by atoms with Crippen molar-refractivity contribution >= 4 is 17.6 Å². The first-order chi connectivity index (χ1) is 9.61. The lowest BCUT2D eigenvalue weighted by Crippen LogP contribution is -2.11. The average Bonchev–Trinajstić information content (AvgIpc) is 2.87. The van der Waals surface area contributed by atoms with Gasteiger partial charge in [-0.2, -0.15) is 0 Å². The molecule has 106 valence electrons. The molecule has 0 unspecified atom stereocenters. The number of ether oxygens (including phenoxy) is 1. The van der Waals surface area contributed by atoms with Crippen molar-refractivity contribution in [3.05, 3.63) is 34.6 Å². The molecule has 0 aliphatic rings. The summed E-state index contributed by atoms with van der Waals surface area (Å²) in [7, 11) is 0. The molecular formula is C12H13ClN4O3. The molecule has 2 aromatic rings. The van der Waals surface area contributed by atoms with E-state index in [2.05, 4.69) is 15.5 Å². The van der Waals surface area contributed by atoms with Gasteiger partial charge in [0, 0.05) is 11.6 Å². The standard InChI is InChI=1S/C12H13ClN4O3/c1-2-5-17-11(14-15-16-17)7-20-12(19)9-6-8(13)3-4-10(9)18/h3-4,6,18H,2,5,7H2,1H3. The van der Waals surface area contributed by atoms with E-state index in [-0.39, 0.29) is 17.9 Å². The quantitative estimate of drug-likeness (QED) is 0.846. The SMILES string of the molecule is CCCn1nnnc1COC(=O)c1cc(Cl)ccc1O. The minimum absolute atomic E-state index is 0.00650. The predicted molar refractivity (Wildman–Crippen MR) is 70.3 cm³/mol. The fraction of sp³-hybridized carbons (Fsp3) is 0.333. The molecule has 0 radical (unpaired) electrons. The number of phenolic OH excluding ortho intramolecular Hbond substituents is 1. The van der Waals surface area contributed by atoms with Crippen LogP contribution in [-0.2, 0) is 17.9 Å². The number of carbonyl (C=O) groups is 1. The third kappa shape index (κ3) is 3.24. The molecule has 7 nitrogen and oxygen atoms in total. The second-order valence-corrected chi connectivity index (χ2v) is 4.49. The second-order valence-electron chi connectivity index (χ2n) is 4.06. The van der Waals surface area contributed by atoms with Crippen molar-refractivity contribution in [1.82, 2.24) is 20.2 Å². The number of phenols is 1. The third-order valence-electron chi connectivity index (χ3n) is 2.55. The molecule has 0 spiro atoms. The molecule has 1 aromatic carbocycles. The summed E-state index contributed by atoms with van der Waals surface area (Å²) in [6.45, 7) is 2.56. The number of carbonyl (C=O) groups excluding carboxylic acids is 1. The Morgan fingerprint density at radius 3 is 3.05 bits per heavy atom. The lowest BCUT2D eigenvalue weighted by atomic mass is 10.2. The summed E-state index contributed by atoms with van der Waals surface area (Å²) in [5, 5.41) is 21.0. The maximum Gasteiger partial charge on any atom is 0.342 e. The maximum atomic E-state index is 11.9. The Balaban J connectivity index is 2.05. The molecule has 0 amide bonds. The van der Waals surface area contributed by atoms with Crippen LogP contribution in [-0.4, -0.2) is 31.3 Å². The number of aryl methyl sites for hydroxylation is 1. The first kappa shape index (κ1) is 14.3. The molecule has 0 atom stereocenters. The first-order valence-corrected chi connectivity index (χ1v) is 6.40. The van der Waals surface area contributed by atoms with Crippen LogP contribution in [0.15, 0.2) is 18.2 Å². The summed E-state index contributed by atoms with van der Waals surface area (Å²) in [5.41, 5.74) is 0.00650. The van der Waals surface area contributed by atoms with Gasteiger partial charge in [0.1, 0.15) is 11.3 Å². The smallest absolute Gasteiger partial charge is 0.342 e. The van der Waals surface area contributed by atoms with Crippen molar-refractivity contribution in [3.8, 4) is 5.75 Å². The fourth-order valence-corrected chi connectivity index (χ4v) is 1.76. The van der Waals surface area contributed by atoms with Crippen LogP contribution in [0.2, 0.25) is 5.02 Å². The number of nitrogens with zero attached hydrogens (tertiary/aromatic N) is 4. The number of hydrogen-bond acceptors (Lipinski definition) is 6. The number of halogens is 1. The highest BCUT2D eigenvalue weighted by atomic mass is 35.5. The van der Waals surface area contributed by atoms with Gasteiger partial charge in [0.2, 0.25) is 0 Å². The topological polar surface area (TPSA) is 90.1 Å². The molecule has 20 heavy (non-hydrogen) atoms. The van der Waals surface area contributed by atoms with Gasteiger partial charge in [0.05, 0.1) is 0 Å². The Morgan fingerprint density at radius 1 is 1.50 bits per heavy atom. The summed E-state index contributed by atoms with van der Waals surface area (Å²) in [5.74, 6) is -0.426. The number of hydrogen-bond donors (Lipinski definition) is 1. The summed E-state index contributed by atoms with van der Waals surface area (Å²) < 4.78 is 6.64. The van der Waals surface area contributed by atoms with Crippen molar-refractivity contribution in [1.29, 1.82) is 0 Å². The highest BCUT2D eigenvalue weighted by Gasteiger charge is 2.15. The zero-order valence-electron chi connectivity index (χ0n) is 10.8. The van der Waals surface area contributed by atoms with Crippen LogP contribution in [0, 0.1) is 0 Å². The van der Waals surface area contributed by atoms with E-state index in [1.165, 1.54) is 18.2 Å². The van der Waals surface area contributed by atoms with Crippen molar-refractivity contribution in [3.63, 3.8) is 0 Å². The first-order valence-electron chi connectivity index (χ1n) is 6.02. The minimum Gasteiger partial charge on any atom is -0.507 e. The zero-order valence-corrected chi connectivity index (χ0v) is 11.5. The molecule has 0 bridgehead atoms. The maximum absolute atomic E-state index is 11.9. The Kier molecular flexibility index (Phi) is 4.52. The molecule has 1 aromatic heterocycles. The minimum atomic E-state index is -0.684. The number of aromatic nitrogens is 4. The monoisotopic (exact) mass is 296 g/mol. The number of tetrazole rings is 1. The fourth-order valence-electron chi connectivity index (χ4n) is 1.59. The highest BCUT2D eigenvalue weighted by molar-refractivity contribution is 6.31. The predicted octanol–water partition coefficient (Wildman–Crippen LogP) is 1.80. The van der Waals surface area contributed by atoms with Gasteiger partial charge in [-0.05, 0) is 35.0 Å².